The van der Waals surface area contributed by atoms with Crippen molar-refractivity contribution in [2.75, 3.05) is 26.4 Å². The summed E-state index contributed by atoms with van der Waals surface area (Å²) in [6.07, 6.45) is -2.25. The van der Waals surface area contributed by atoms with Gasteiger partial charge in [-0.2, -0.15) is 13.2 Å². The highest BCUT2D eigenvalue weighted by Crippen LogP contribution is 2.35. The number of benzene rings is 1. The lowest BCUT2D eigenvalue weighted by molar-refractivity contribution is -0.154. The van der Waals surface area contributed by atoms with E-state index < -0.39 is 30.0 Å². The minimum atomic E-state index is -4.53. The van der Waals surface area contributed by atoms with E-state index in [9.17, 15) is 22.4 Å². The first-order valence-electron chi connectivity index (χ1n) is 9.16. The summed E-state index contributed by atoms with van der Waals surface area (Å²) in [5, 5.41) is 2.58. The number of ether oxygens (including phenoxy) is 2. The molecule has 10 heteroatoms. The number of hydrogen-bond donors (Lipinski definition) is 1. The van der Waals surface area contributed by atoms with E-state index >= 15 is 0 Å². The lowest BCUT2D eigenvalue weighted by Gasteiger charge is -2.38. The van der Waals surface area contributed by atoms with Gasteiger partial charge in [-0.25, -0.2) is 9.37 Å². The molecule has 5 nitrogen and oxygen atoms in total. The van der Waals surface area contributed by atoms with E-state index in [4.69, 9.17) is 16.3 Å². The number of pyridine rings is 1. The van der Waals surface area contributed by atoms with Gasteiger partial charge in [0.2, 0.25) is 5.88 Å². The van der Waals surface area contributed by atoms with Crippen LogP contribution >= 0.6 is 11.6 Å². The standard InChI is InChI=1S/C20H19ClF4N2O3/c21-16-8-13(10-26-18(16)30-12-20(23,24)25)17(28)27-11-19(4-6-29-7-5-19)14-2-1-3-15(22)9-14/h1-3,8-10H,4-7,11-12H2,(H,27,28). The monoisotopic (exact) mass is 446 g/mol. The Morgan fingerprint density at radius 2 is 2.00 bits per heavy atom. The van der Waals surface area contributed by atoms with Crippen LogP contribution in [-0.2, 0) is 10.2 Å². The van der Waals surface area contributed by atoms with Crippen LogP contribution in [0.5, 0.6) is 5.88 Å². The Morgan fingerprint density at radius 1 is 1.27 bits per heavy atom. The fraction of sp³-hybridized carbons (Fsp3) is 0.400. The molecule has 0 atom stereocenters. The third kappa shape index (κ3) is 5.60. The third-order valence-electron chi connectivity index (χ3n) is 4.92. The minimum absolute atomic E-state index is 0.0702. The predicted octanol–water partition coefficient (Wildman–Crippen LogP) is 4.29. The lowest BCUT2D eigenvalue weighted by atomic mass is 9.74. The van der Waals surface area contributed by atoms with Crippen LogP contribution in [0.3, 0.4) is 0 Å². The first-order valence-corrected chi connectivity index (χ1v) is 9.53. The first kappa shape index (κ1) is 22.3. The molecule has 1 fully saturated rings. The van der Waals surface area contributed by atoms with E-state index in [0.717, 1.165) is 11.8 Å². The van der Waals surface area contributed by atoms with E-state index in [1.807, 2.05) is 6.07 Å². The molecule has 1 aromatic carbocycles. The molecule has 0 saturated carbocycles. The number of carbonyl (C=O) groups is 1. The van der Waals surface area contributed by atoms with Crippen LogP contribution in [0.15, 0.2) is 36.5 Å². The van der Waals surface area contributed by atoms with Gasteiger partial charge >= 0.3 is 6.18 Å². The van der Waals surface area contributed by atoms with Crippen LogP contribution in [0.1, 0.15) is 28.8 Å². The summed E-state index contributed by atoms with van der Waals surface area (Å²) in [5.41, 5.74) is 0.335. The number of nitrogens with one attached hydrogen (secondary N) is 1. The van der Waals surface area contributed by atoms with Gasteiger partial charge in [-0.05, 0) is 36.6 Å². The molecule has 0 aliphatic carbocycles. The molecule has 30 heavy (non-hydrogen) atoms. The Hall–Kier alpha value is -2.39. The molecular weight excluding hydrogens is 428 g/mol. The van der Waals surface area contributed by atoms with E-state index in [-0.39, 0.29) is 22.9 Å². The number of hydrogen-bond acceptors (Lipinski definition) is 4. The van der Waals surface area contributed by atoms with Crippen LogP contribution in [0.25, 0.3) is 0 Å². The minimum Gasteiger partial charge on any atom is -0.467 e. The van der Waals surface area contributed by atoms with Gasteiger partial charge in [0.25, 0.3) is 5.91 Å². The zero-order valence-electron chi connectivity index (χ0n) is 15.8. The molecule has 0 radical (unpaired) electrons. The maximum atomic E-state index is 13.8. The van der Waals surface area contributed by atoms with Gasteiger partial charge in [-0.3, -0.25) is 4.79 Å². The van der Waals surface area contributed by atoms with Gasteiger partial charge < -0.3 is 14.8 Å². The van der Waals surface area contributed by atoms with Gasteiger partial charge in [-0.15, -0.1) is 0 Å². The molecule has 1 N–H and O–H groups in total. The smallest absolute Gasteiger partial charge is 0.422 e. The van der Waals surface area contributed by atoms with Gasteiger partial charge in [-0.1, -0.05) is 23.7 Å². The third-order valence-corrected chi connectivity index (χ3v) is 5.19. The van der Waals surface area contributed by atoms with Crippen LogP contribution < -0.4 is 10.1 Å². The number of nitrogens with zero attached hydrogens (tertiary/aromatic N) is 1. The Balaban J connectivity index is 1.70. The summed E-state index contributed by atoms with van der Waals surface area (Å²) >= 11 is 5.90. The molecule has 2 aromatic rings. The maximum Gasteiger partial charge on any atom is 0.422 e. The fourth-order valence-corrected chi connectivity index (χ4v) is 3.53. The molecule has 1 aromatic heterocycles. The van der Waals surface area contributed by atoms with Crippen molar-refractivity contribution in [2.45, 2.75) is 24.4 Å². The number of carbonyl (C=O) groups excluding carboxylic acids is 1. The zero-order valence-corrected chi connectivity index (χ0v) is 16.5. The lowest BCUT2D eigenvalue weighted by Crippen LogP contribution is -2.44. The van der Waals surface area contributed by atoms with E-state index in [1.165, 1.54) is 18.2 Å². The number of halogens is 5. The first-order chi connectivity index (χ1) is 14.2. The molecule has 1 aliphatic rings. The second-order valence-electron chi connectivity index (χ2n) is 7.00. The number of aromatic nitrogens is 1. The summed E-state index contributed by atoms with van der Waals surface area (Å²) in [6, 6.07) is 7.42. The number of amides is 1. The Kier molecular flexibility index (Phi) is 6.82. The maximum absolute atomic E-state index is 13.8. The number of alkyl halides is 3. The van der Waals surface area contributed by atoms with Crippen molar-refractivity contribution in [3.63, 3.8) is 0 Å². The van der Waals surface area contributed by atoms with Gasteiger partial charge in [0, 0.05) is 31.4 Å². The largest absolute Gasteiger partial charge is 0.467 e. The van der Waals surface area contributed by atoms with Crippen molar-refractivity contribution in [3.8, 4) is 5.88 Å². The molecule has 1 amide bonds. The summed E-state index contributed by atoms with van der Waals surface area (Å²) in [6.45, 7) is -0.359. The summed E-state index contributed by atoms with van der Waals surface area (Å²) in [5.74, 6) is -1.28. The Morgan fingerprint density at radius 3 is 2.63 bits per heavy atom. The summed E-state index contributed by atoms with van der Waals surface area (Å²) in [7, 11) is 0. The van der Waals surface area contributed by atoms with Crippen LogP contribution in [0, 0.1) is 5.82 Å². The molecule has 1 saturated heterocycles. The van der Waals surface area contributed by atoms with Gasteiger partial charge in [0.15, 0.2) is 6.61 Å². The quantitative estimate of drug-likeness (QED) is 0.672. The van der Waals surface area contributed by atoms with Crippen LogP contribution in [-0.4, -0.2) is 43.4 Å². The van der Waals surface area contributed by atoms with Crippen molar-refractivity contribution in [2.24, 2.45) is 0 Å². The van der Waals surface area contributed by atoms with Crippen molar-refractivity contribution in [1.82, 2.24) is 10.3 Å². The predicted molar refractivity (Wildman–Crippen MR) is 101 cm³/mol. The average molecular weight is 447 g/mol. The molecule has 1 aliphatic heterocycles. The normalized spacial score (nSPS) is 16.2. The highest BCUT2D eigenvalue weighted by atomic mass is 35.5. The summed E-state index contributed by atoms with van der Waals surface area (Å²) in [4.78, 5) is 16.3. The second kappa shape index (κ2) is 9.18. The molecule has 3 rings (SSSR count). The zero-order chi connectivity index (χ0) is 21.8. The molecule has 162 valence electrons. The molecule has 0 unspecified atom stereocenters. The molecule has 0 bridgehead atoms. The summed E-state index contributed by atoms with van der Waals surface area (Å²) < 4.78 is 60.5. The number of rotatable bonds is 6. The van der Waals surface area contributed by atoms with E-state index in [1.54, 1.807) is 6.07 Å². The van der Waals surface area contributed by atoms with Crippen LogP contribution in [0.4, 0.5) is 17.6 Å². The average Bonchev–Trinajstić information content (AvgIpc) is 2.71. The van der Waals surface area contributed by atoms with Gasteiger partial charge in [0.05, 0.1) is 5.56 Å². The van der Waals surface area contributed by atoms with Crippen molar-refractivity contribution in [3.05, 3.63) is 58.5 Å². The molecule has 0 spiro atoms. The van der Waals surface area contributed by atoms with Crippen molar-refractivity contribution < 1.29 is 31.8 Å². The SMILES string of the molecule is O=C(NCC1(c2cccc(F)c2)CCOCC1)c1cnc(OCC(F)(F)F)c(Cl)c1. The van der Waals surface area contributed by atoms with E-state index in [0.29, 0.717) is 26.1 Å². The van der Waals surface area contributed by atoms with Gasteiger partial charge in [0.1, 0.15) is 10.8 Å². The fourth-order valence-electron chi connectivity index (χ4n) is 3.31. The second-order valence-corrected chi connectivity index (χ2v) is 7.41. The topological polar surface area (TPSA) is 60.5 Å². The van der Waals surface area contributed by atoms with Crippen molar-refractivity contribution >= 4 is 17.5 Å². The Bertz CT molecular complexity index is 902. The van der Waals surface area contributed by atoms with Crippen molar-refractivity contribution in [1.29, 1.82) is 0 Å². The highest BCUT2D eigenvalue weighted by molar-refractivity contribution is 6.32. The Labute approximate surface area is 175 Å². The molecule has 2 heterocycles. The van der Waals surface area contributed by atoms with E-state index in [2.05, 4.69) is 15.0 Å². The van der Waals surface area contributed by atoms with Crippen LogP contribution in [0.2, 0.25) is 5.02 Å². The highest BCUT2D eigenvalue weighted by Gasteiger charge is 2.35. The molecular formula is C20H19ClF4N2O3.